The van der Waals surface area contributed by atoms with E-state index in [1.54, 1.807) is 6.07 Å². The Labute approximate surface area is 143 Å². The lowest BCUT2D eigenvalue weighted by atomic mass is 9.96. The van der Waals surface area contributed by atoms with Crippen LogP contribution in [0.4, 0.5) is 0 Å². The summed E-state index contributed by atoms with van der Waals surface area (Å²) in [6, 6.07) is 14.6. The van der Waals surface area contributed by atoms with Crippen molar-refractivity contribution in [3.05, 3.63) is 64.7 Å². The molecule has 0 atom stereocenters. The van der Waals surface area contributed by atoms with Crippen molar-refractivity contribution < 1.29 is 8.68 Å². The van der Waals surface area contributed by atoms with E-state index in [-0.39, 0.29) is 0 Å². The van der Waals surface area contributed by atoms with E-state index in [4.69, 9.17) is 4.11 Å². The van der Waals surface area contributed by atoms with Crippen molar-refractivity contribution in [3.8, 4) is 11.3 Å². The van der Waals surface area contributed by atoms with Gasteiger partial charge in [-0.05, 0) is 61.5 Å². The molecule has 0 bridgehead atoms. The average Bonchev–Trinajstić information content (AvgIpc) is 2.56. The molecule has 0 fully saturated rings. The summed E-state index contributed by atoms with van der Waals surface area (Å²) in [5.74, 6) is 0.464. The Balaban J connectivity index is 2.29. The number of nitrogens with zero attached hydrogens (tertiary/aromatic N) is 1. The second-order valence-electron chi connectivity index (χ2n) is 6.74. The Morgan fingerprint density at radius 1 is 1.00 bits per heavy atom. The first-order valence-electron chi connectivity index (χ1n) is 9.64. The van der Waals surface area contributed by atoms with Crippen LogP contribution in [-0.2, 0) is 7.05 Å². The largest absolute Gasteiger partial charge is 0.213 e. The van der Waals surface area contributed by atoms with E-state index in [0.717, 1.165) is 27.9 Å². The SMILES string of the molecule is [2H]C([2H])([2H])c1cc(C)cc(-c2ccc3ccc(C(C)C)cc3[n+]2C)c1C. The summed E-state index contributed by atoms with van der Waals surface area (Å²) in [4.78, 5) is 0. The van der Waals surface area contributed by atoms with Crippen molar-refractivity contribution in [3.63, 3.8) is 0 Å². The molecule has 0 radical (unpaired) electrons. The van der Waals surface area contributed by atoms with Crippen LogP contribution in [0.3, 0.4) is 0 Å². The van der Waals surface area contributed by atoms with Crippen LogP contribution in [0.2, 0.25) is 0 Å². The predicted octanol–water partition coefficient (Wildman–Crippen LogP) is 5.38. The maximum atomic E-state index is 7.86. The molecule has 23 heavy (non-hydrogen) atoms. The zero-order valence-electron chi connectivity index (χ0n) is 17.6. The third-order valence-electron chi connectivity index (χ3n) is 4.69. The molecule has 0 unspecified atom stereocenters. The van der Waals surface area contributed by atoms with Gasteiger partial charge in [-0.1, -0.05) is 31.5 Å². The van der Waals surface area contributed by atoms with Gasteiger partial charge in [0.15, 0.2) is 0 Å². The number of aromatic nitrogens is 1. The first-order valence-corrected chi connectivity index (χ1v) is 8.14. The molecule has 0 aliphatic heterocycles. The summed E-state index contributed by atoms with van der Waals surface area (Å²) in [7, 11) is 2.05. The van der Waals surface area contributed by atoms with Crippen LogP contribution in [0, 0.1) is 20.7 Å². The van der Waals surface area contributed by atoms with Gasteiger partial charge in [0, 0.05) is 27.2 Å². The van der Waals surface area contributed by atoms with Gasteiger partial charge in [0.25, 0.3) is 0 Å². The normalized spacial score (nSPS) is 13.9. The Hall–Kier alpha value is -2.15. The number of hydrogen-bond donors (Lipinski definition) is 0. The molecular weight excluding hydrogens is 278 g/mol. The standard InChI is InChI=1S/C22H26N/c1-14(2)19-8-7-18-9-10-21(23(6)22(18)13-19)20-12-15(3)11-16(4)17(20)5/h7-14H,1-6H3/q+1/i4D3. The third kappa shape index (κ3) is 2.76. The van der Waals surface area contributed by atoms with Gasteiger partial charge in [0.05, 0.1) is 0 Å². The smallest absolute Gasteiger partial charge is 0.194 e. The quantitative estimate of drug-likeness (QED) is 0.560. The molecule has 1 aromatic heterocycles. The Bertz CT molecular complexity index is 985. The highest BCUT2D eigenvalue weighted by atomic mass is 14.9. The van der Waals surface area contributed by atoms with Crippen LogP contribution >= 0.6 is 0 Å². The molecule has 0 aliphatic rings. The number of aryl methyl sites for hydroxylation is 3. The molecule has 0 aliphatic carbocycles. The Morgan fingerprint density at radius 3 is 2.43 bits per heavy atom. The minimum absolute atomic E-state index is 0.434. The van der Waals surface area contributed by atoms with Crippen LogP contribution in [-0.4, -0.2) is 0 Å². The number of hydrogen-bond acceptors (Lipinski definition) is 0. The van der Waals surface area contributed by atoms with Crippen molar-refractivity contribution >= 4 is 10.9 Å². The second-order valence-corrected chi connectivity index (χ2v) is 6.74. The number of rotatable bonds is 2. The van der Waals surface area contributed by atoms with Gasteiger partial charge in [-0.15, -0.1) is 0 Å². The van der Waals surface area contributed by atoms with Gasteiger partial charge in [-0.3, -0.25) is 0 Å². The summed E-state index contributed by atoms with van der Waals surface area (Å²) in [6.45, 7) is 6.14. The van der Waals surface area contributed by atoms with Crippen molar-refractivity contribution in [2.45, 2.75) is 40.5 Å². The van der Waals surface area contributed by atoms with Gasteiger partial charge >= 0.3 is 0 Å². The number of benzene rings is 2. The van der Waals surface area contributed by atoms with Crippen molar-refractivity contribution in [2.24, 2.45) is 7.05 Å². The van der Waals surface area contributed by atoms with Gasteiger partial charge in [-0.25, -0.2) is 0 Å². The fourth-order valence-electron chi connectivity index (χ4n) is 3.16. The molecule has 1 nitrogen and oxygen atoms in total. The van der Waals surface area contributed by atoms with E-state index in [9.17, 15) is 0 Å². The number of fused-ring (bicyclic) bond motifs is 1. The average molecular weight is 307 g/mol. The first-order chi connectivity index (χ1) is 12.1. The van der Waals surface area contributed by atoms with Crippen LogP contribution in [0.15, 0.2) is 42.5 Å². The van der Waals surface area contributed by atoms with E-state index in [1.165, 1.54) is 10.9 Å². The van der Waals surface area contributed by atoms with E-state index < -0.39 is 6.85 Å². The molecule has 118 valence electrons. The lowest BCUT2D eigenvalue weighted by Crippen LogP contribution is -2.32. The lowest BCUT2D eigenvalue weighted by molar-refractivity contribution is -0.633. The zero-order chi connectivity index (χ0) is 19.2. The summed E-state index contributed by atoms with van der Waals surface area (Å²) >= 11 is 0. The lowest BCUT2D eigenvalue weighted by Gasteiger charge is -2.11. The van der Waals surface area contributed by atoms with E-state index >= 15 is 0 Å². The second kappa shape index (κ2) is 5.81. The minimum atomic E-state index is -2.11. The Kier molecular flexibility index (Phi) is 3.10. The maximum absolute atomic E-state index is 7.86. The first kappa shape index (κ1) is 12.3. The highest BCUT2D eigenvalue weighted by Crippen LogP contribution is 2.27. The van der Waals surface area contributed by atoms with Crippen LogP contribution < -0.4 is 4.57 Å². The molecule has 3 aromatic rings. The summed E-state index contributed by atoms with van der Waals surface area (Å²) in [5, 5.41) is 1.18. The zero-order valence-corrected chi connectivity index (χ0v) is 14.6. The van der Waals surface area contributed by atoms with Crippen molar-refractivity contribution in [1.29, 1.82) is 0 Å². The maximum Gasteiger partial charge on any atom is 0.213 e. The molecule has 0 N–H and O–H groups in total. The van der Waals surface area contributed by atoms with Crippen LogP contribution in [0.1, 0.15) is 46.1 Å². The van der Waals surface area contributed by atoms with Crippen molar-refractivity contribution in [1.82, 2.24) is 0 Å². The van der Waals surface area contributed by atoms with Gasteiger partial charge in [0.2, 0.25) is 11.2 Å². The summed E-state index contributed by atoms with van der Waals surface area (Å²) < 4.78 is 25.7. The molecule has 0 spiro atoms. The van der Waals surface area contributed by atoms with Crippen molar-refractivity contribution in [2.75, 3.05) is 0 Å². The highest BCUT2D eigenvalue weighted by Gasteiger charge is 2.17. The monoisotopic (exact) mass is 307 g/mol. The highest BCUT2D eigenvalue weighted by molar-refractivity contribution is 5.79. The molecule has 0 saturated carbocycles. The van der Waals surface area contributed by atoms with E-state index in [1.807, 2.05) is 13.8 Å². The predicted molar refractivity (Wildman–Crippen MR) is 98.9 cm³/mol. The Morgan fingerprint density at radius 2 is 1.74 bits per heavy atom. The minimum Gasteiger partial charge on any atom is -0.194 e. The van der Waals surface area contributed by atoms with Crippen LogP contribution in [0.5, 0.6) is 0 Å². The van der Waals surface area contributed by atoms with Gasteiger partial charge < -0.3 is 0 Å². The molecule has 0 amide bonds. The van der Waals surface area contributed by atoms with Gasteiger partial charge in [-0.2, -0.15) is 4.57 Å². The third-order valence-corrected chi connectivity index (χ3v) is 4.69. The molecular formula is C22H26N+. The van der Waals surface area contributed by atoms with Gasteiger partial charge in [0.1, 0.15) is 7.05 Å². The van der Waals surface area contributed by atoms with E-state index in [2.05, 4.69) is 61.9 Å². The molecule has 0 saturated heterocycles. The van der Waals surface area contributed by atoms with E-state index in [0.29, 0.717) is 11.5 Å². The topological polar surface area (TPSA) is 3.88 Å². The van der Waals surface area contributed by atoms with Crippen LogP contribution in [0.25, 0.3) is 22.2 Å². The molecule has 3 rings (SSSR count). The number of pyridine rings is 1. The molecule has 2 aromatic carbocycles. The summed E-state index contributed by atoms with van der Waals surface area (Å²) in [5.41, 5.74) is 6.70. The summed E-state index contributed by atoms with van der Waals surface area (Å²) in [6.07, 6.45) is 0. The fraction of sp³-hybridized carbons (Fsp3) is 0.318. The molecule has 1 heteroatoms. The fourth-order valence-corrected chi connectivity index (χ4v) is 3.16. The molecule has 1 heterocycles.